The minimum absolute atomic E-state index is 0.342. The van der Waals surface area contributed by atoms with Crippen LogP contribution in [0, 0.1) is 17.8 Å². The molecule has 1 aliphatic carbocycles. The molecule has 0 aromatic rings. The number of likely N-dealkylation sites (tertiary alicyclic amines) is 1. The molecule has 1 saturated heterocycles. The van der Waals surface area contributed by atoms with Gasteiger partial charge in [0.2, 0.25) is 0 Å². The predicted octanol–water partition coefficient (Wildman–Crippen LogP) is 3.26. The molecule has 2 atom stereocenters. The average molecular weight is 252 g/mol. The van der Waals surface area contributed by atoms with E-state index in [2.05, 4.69) is 25.7 Å². The fraction of sp³-hybridized carbons (Fsp3) is 1.00. The highest BCUT2D eigenvalue weighted by Crippen LogP contribution is 2.39. The number of nitrogens with zero attached hydrogens (tertiary/aromatic N) is 1. The van der Waals surface area contributed by atoms with Crippen molar-refractivity contribution in [2.45, 2.75) is 64.8 Å². The van der Waals surface area contributed by atoms with Crippen molar-refractivity contribution in [3.05, 3.63) is 0 Å². The van der Waals surface area contributed by atoms with Crippen LogP contribution in [-0.2, 0) is 0 Å². The van der Waals surface area contributed by atoms with Crippen molar-refractivity contribution in [3.8, 4) is 0 Å². The van der Waals surface area contributed by atoms with Gasteiger partial charge in [-0.1, -0.05) is 27.2 Å². The van der Waals surface area contributed by atoms with E-state index in [1.165, 1.54) is 51.6 Å². The van der Waals surface area contributed by atoms with Crippen LogP contribution < -0.4 is 5.73 Å². The minimum Gasteiger partial charge on any atom is -0.329 e. The zero-order valence-corrected chi connectivity index (χ0v) is 12.6. The minimum atomic E-state index is 0.342. The fourth-order valence-corrected chi connectivity index (χ4v) is 4.32. The third-order valence-corrected chi connectivity index (χ3v) is 5.53. The van der Waals surface area contributed by atoms with Gasteiger partial charge in [-0.25, -0.2) is 0 Å². The van der Waals surface area contributed by atoms with Gasteiger partial charge < -0.3 is 5.73 Å². The van der Waals surface area contributed by atoms with E-state index in [-0.39, 0.29) is 0 Å². The van der Waals surface area contributed by atoms with Crippen molar-refractivity contribution < 1.29 is 0 Å². The lowest BCUT2D eigenvalue weighted by atomic mass is 9.73. The first-order valence-corrected chi connectivity index (χ1v) is 8.04. The molecule has 0 spiro atoms. The van der Waals surface area contributed by atoms with Crippen LogP contribution in [0.25, 0.3) is 0 Å². The van der Waals surface area contributed by atoms with Crippen LogP contribution in [-0.4, -0.2) is 30.1 Å². The Morgan fingerprint density at radius 1 is 1.11 bits per heavy atom. The van der Waals surface area contributed by atoms with Gasteiger partial charge in [-0.2, -0.15) is 0 Å². The SMILES string of the molecule is CCC1CCC(CN)(N2CC(C)CC(C)C2)CC1. The zero-order valence-electron chi connectivity index (χ0n) is 12.6. The topological polar surface area (TPSA) is 29.3 Å². The Morgan fingerprint density at radius 3 is 2.11 bits per heavy atom. The molecule has 106 valence electrons. The van der Waals surface area contributed by atoms with Crippen LogP contribution in [0.1, 0.15) is 59.3 Å². The normalized spacial score (nSPS) is 43.0. The van der Waals surface area contributed by atoms with E-state index >= 15 is 0 Å². The maximum Gasteiger partial charge on any atom is 0.0332 e. The summed E-state index contributed by atoms with van der Waals surface area (Å²) in [5.41, 5.74) is 6.55. The van der Waals surface area contributed by atoms with Crippen LogP contribution in [0.2, 0.25) is 0 Å². The van der Waals surface area contributed by atoms with Gasteiger partial charge in [0.05, 0.1) is 0 Å². The third-order valence-electron chi connectivity index (χ3n) is 5.53. The van der Waals surface area contributed by atoms with Gasteiger partial charge in [0.15, 0.2) is 0 Å². The summed E-state index contributed by atoms with van der Waals surface area (Å²) >= 11 is 0. The van der Waals surface area contributed by atoms with Gasteiger partial charge in [0.1, 0.15) is 0 Å². The molecule has 0 aromatic heterocycles. The Morgan fingerprint density at radius 2 is 1.67 bits per heavy atom. The Hall–Kier alpha value is -0.0800. The van der Waals surface area contributed by atoms with Crippen LogP contribution in [0.15, 0.2) is 0 Å². The van der Waals surface area contributed by atoms with E-state index in [1.807, 2.05) is 0 Å². The maximum absolute atomic E-state index is 6.21. The summed E-state index contributed by atoms with van der Waals surface area (Å²) in [6, 6.07) is 0. The number of rotatable bonds is 3. The second-order valence-electron chi connectivity index (χ2n) is 7.13. The van der Waals surface area contributed by atoms with Crippen molar-refractivity contribution in [3.63, 3.8) is 0 Å². The summed E-state index contributed by atoms with van der Waals surface area (Å²) in [7, 11) is 0. The quantitative estimate of drug-likeness (QED) is 0.835. The summed E-state index contributed by atoms with van der Waals surface area (Å²) in [6.07, 6.45) is 8.21. The Labute approximate surface area is 113 Å². The molecule has 2 rings (SSSR count). The molecule has 2 aliphatic rings. The van der Waals surface area contributed by atoms with E-state index in [0.717, 1.165) is 24.3 Å². The van der Waals surface area contributed by atoms with Crippen LogP contribution in [0.4, 0.5) is 0 Å². The Kier molecular flexibility index (Phi) is 4.71. The lowest BCUT2D eigenvalue weighted by Gasteiger charge is -2.51. The van der Waals surface area contributed by atoms with Gasteiger partial charge >= 0.3 is 0 Å². The third kappa shape index (κ3) is 2.91. The van der Waals surface area contributed by atoms with Gasteiger partial charge in [-0.15, -0.1) is 0 Å². The Balaban J connectivity index is 2.03. The highest BCUT2D eigenvalue weighted by molar-refractivity contribution is 4.97. The molecule has 0 bridgehead atoms. The highest BCUT2D eigenvalue weighted by Gasteiger charge is 2.41. The van der Waals surface area contributed by atoms with Crippen molar-refractivity contribution in [2.24, 2.45) is 23.5 Å². The molecule has 2 fully saturated rings. The number of piperidine rings is 1. The monoisotopic (exact) mass is 252 g/mol. The molecular formula is C16H32N2. The lowest BCUT2D eigenvalue weighted by Crippen LogP contribution is -2.59. The fourth-order valence-electron chi connectivity index (χ4n) is 4.32. The number of hydrogen-bond donors (Lipinski definition) is 1. The smallest absolute Gasteiger partial charge is 0.0332 e. The predicted molar refractivity (Wildman–Crippen MR) is 78.6 cm³/mol. The molecule has 2 unspecified atom stereocenters. The summed E-state index contributed by atoms with van der Waals surface area (Å²) in [5.74, 6) is 2.66. The molecule has 0 amide bonds. The molecule has 18 heavy (non-hydrogen) atoms. The molecular weight excluding hydrogens is 220 g/mol. The summed E-state index contributed by atoms with van der Waals surface area (Å²) in [5, 5.41) is 0. The molecule has 1 heterocycles. The van der Waals surface area contributed by atoms with E-state index in [4.69, 9.17) is 5.73 Å². The van der Waals surface area contributed by atoms with Crippen LogP contribution in [0.3, 0.4) is 0 Å². The molecule has 2 heteroatoms. The van der Waals surface area contributed by atoms with Crippen LogP contribution >= 0.6 is 0 Å². The van der Waals surface area contributed by atoms with Crippen molar-refractivity contribution in [1.29, 1.82) is 0 Å². The first-order valence-electron chi connectivity index (χ1n) is 8.04. The first-order chi connectivity index (χ1) is 8.59. The average Bonchev–Trinajstić information content (AvgIpc) is 2.37. The zero-order chi connectivity index (χ0) is 13.2. The Bertz CT molecular complexity index is 246. The van der Waals surface area contributed by atoms with Crippen LogP contribution in [0.5, 0.6) is 0 Å². The highest BCUT2D eigenvalue weighted by atomic mass is 15.2. The molecule has 2 nitrogen and oxygen atoms in total. The summed E-state index contributed by atoms with van der Waals surface area (Å²) < 4.78 is 0. The van der Waals surface area contributed by atoms with Crippen molar-refractivity contribution in [1.82, 2.24) is 4.90 Å². The largest absolute Gasteiger partial charge is 0.329 e. The second-order valence-corrected chi connectivity index (χ2v) is 7.13. The number of hydrogen-bond acceptors (Lipinski definition) is 2. The van der Waals surface area contributed by atoms with Crippen molar-refractivity contribution in [2.75, 3.05) is 19.6 Å². The van der Waals surface area contributed by atoms with E-state index < -0.39 is 0 Å². The van der Waals surface area contributed by atoms with Gasteiger partial charge in [-0.3, -0.25) is 4.90 Å². The van der Waals surface area contributed by atoms with E-state index in [0.29, 0.717) is 5.54 Å². The molecule has 1 aliphatic heterocycles. The van der Waals surface area contributed by atoms with Gasteiger partial charge in [0, 0.05) is 25.2 Å². The summed E-state index contributed by atoms with van der Waals surface area (Å²) in [6.45, 7) is 10.6. The maximum atomic E-state index is 6.21. The number of nitrogens with two attached hydrogens (primary N) is 1. The standard InChI is InChI=1S/C16H32N2/c1-4-15-5-7-16(12-17,8-6-15)18-10-13(2)9-14(3)11-18/h13-15H,4-12,17H2,1-3H3. The molecule has 0 radical (unpaired) electrons. The van der Waals surface area contributed by atoms with Gasteiger partial charge in [0.25, 0.3) is 0 Å². The van der Waals surface area contributed by atoms with Gasteiger partial charge in [-0.05, 0) is 49.9 Å². The van der Waals surface area contributed by atoms with Crippen molar-refractivity contribution >= 4 is 0 Å². The molecule has 1 saturated carbocycles. The summed E-state index contributed by atoms with van der Waals surface area (Å²) in [4.78, 5) is 2.76. The van der Waals surface area contributed by atoms with E-state index in [9.17, 15) is 0 Å². The molecule has 0 aromatic carbocycles. The second kappa shape index (κ2) is 5.92. The van der Waals surface area contributed by atoms with E-state index in [1.54, 1.807) is 0 Å². The lowest BCUT2D eigenvalue weighted by molar-refractivity contribution is -0.00442. The molecule has 2 N–H and O–H groups in total. The first kappa shape index (κ1) is 14.3.